The van der Waals surface area contributed by atoms with Crippen LogP contribution in [0.2, 0.25) is 0 Å². The van der Waals surface area contributed by atoms with Gasteiger partial charge in [0.15, 0.2) is 11.3 Å². The van der Waals surface area contributed by atoms with Crippen LogP contribution < -0.4 is 0 Å². The summed E-state index contributed by atoms with van der Waals surface area (Å²) in [6.45, 7) is 4.10. The first-order valence-corrected chi connectivity index (χ1v) is 8.16. The lowest BCUT2D eigenvalue weighted by Crippen LogP contribution is -2.05. The minimum absolute atomic E-state index is 0.155. The highest BCUT2D eigenvalue weighted by Crippen LogP contribution is 2.32. The molecule has 4 aromatic rings. The summed E-state index contributed by atoms with van der Waals surface area (Å²) >= 11 is 0. The molecule has 7 heteroatoms. The van der Waals surface area contributed by atoms with Gasteiger partial charge >= 0.3 is 0 Å². The van der Waals surface area contributed by atoms with E-state index in [4.69, 9.17) is 0 Å². The summed E-state index contributed by atoms with van der Waals surface area (Å²) in [7, 11) is 0. The molecule has 0 aliphatic carbocycles. The molecule has 1 aromatic carbocycles. The van der Waals surface area contributed by atoms with E-state index >= 15 is 0 Å². The third kappa shape index (κ3) is 2.52. The van der Waals surface area contributed by atoms with Gasteiger partial charge in [0.1, 0.15) is 17.6 Å². The lowest BCUT2D eigenvalue weighted by atomic mass is 10.1. The largest absolute Gasteiger partial charge is 0.326 e. The number of hydrogen-bond donors (Lipinski definition) is 0. The molecule has 0 bridgehead atoms. The van der Waals surface area contributed by atoms with E-state index in [1.54, 1.807) is 18.5 Å². The molecule has 0 amide bonds. The first-order chi connectivity index (χ1) is 12.6. The number of nitriles is 1. The van der Waals surface area contributed by atoms with Gasteiger partial charge in [-0.25, -0.2) is 18.9 Å². The Morgan fingerprint density at radius 3 is 2.54 bits per heavy atom. The van der Waals surface area contributed by atoms with Crippen molar-refractivity contribution in [2.75, 3.05) is 0 Å². The first-order valence-electron chi connectivity index (χ1n) is 8.16. The van der Waals surface area contributed by atoms with E-state index in [9.17, 15) is 9.65 Å². The minimum Gasteiger partial charge on any atom is -0.326 e. The summed E-state index contributed by atoms with van der Waals surface area (Å²) in [6, 6.07) is 12.1. The molecule has 0 unspecified atom stereocenters. The highest BCUT2D eigenvalue weighted by Gasteiger charge is 2.19. The number of rotatable bonds is 3. The molecule has 26 heavy (non-hydrogen) atoms. The Balaban J connectivity index is 1.96. The second kappa shape index (κ2) is 6.08. The van der Waals surface area contributed by atoms with Crippen molar-refractivity contribution in [3.63, 3.8) is 0 Å². The predicted octanol–water partition coefficient (Wildman–Crippen LogP) is 3.85. The Labute approximate surface area is 149 Å². The Bertz CT molecular complexity index is 1130. The van der Waals surface area contributed by atoms with Crippen molar-refractivity contribution in [3.05, 3.63) is 60.4 Å². The molecule has 3 heterocycles. The summed E-state index contributed by atoms with van der Waals surface area (Å²) in [4.78, 5) is 8.71. The Morgan fingerprint density at radius 1 is 1.08 bits per heavy atom. The molecule has 0 aliphatic rings. The van der Waals surface area contributed by atoms with Crippen LogP contribution in [0.5, 0.6) is 0 Å². The van der Waals surface area contributed by atoms with E-state index in [-0.39, 0.29) is 11.9 Å². The molecule has 0 saturated carbocycles. The second-order valence-corrected chi connectivity index (χ2v) is 6.19. The number of aromatic nitrogens is 5. The quantitative estimate of drug-likeness (QED) is 0.565. The van der Waals surface area contributed by atoms with Crippen LogP contribution in [0.4, 0.5) is 4.39 Å². The van der Waals surface area contributed by atoms with E-state index < -0.39 is 0 Å². The summed E-state index contributed by atoms with van der Waals surface area (Å²) < 4.78 is 16.8. The summed E-state index contributed by atoms with van der Waals surface area (Å²) in [5.41, 5.74) is 3.95. The van der Waals surface area contributed by atoms with Gasteiger partial charge in [-0.2, -0.15) is 10.4 Å². The van der Waals surface area contributed by atoms with Crippen LogP contribution in [0.15, 0.2) is 48.9 Å². The lowest BCUT2D eigenvalue weighted by Gasteiger charge is -2.13. The Kier molecular flexibility index (Phi) is 3.73. The maximum Gasteiger partial charge on any atom is 0.162 e. The number of nitrogens with zero attached hydrogens (tertiary/aromatic N) is 6. The number of benzene rings is 1. The maximum atomic E-state index is 13.3. The van der Waals surface area contributed by atoms with Crippen LogP contribution in [-0.4, -0.2) is 24.1 Å². The van der Waals surface area contributed by atoms with Gasteiger partial charge in [0.05, 0.1) is 23.9 Å². The molecule has 0 atom stereocenters. The van der Waals surface area contributed by atoms with Gasteiger partial charge in [-0.1, -0.05) is 0 Å². The molecule has 128 valence electrons. The van der Waals surface area contributed by atoms with E-state index in [0.29, 0.717) is 22.7 Å². The molecule has 4 rings (SSSR count). The number of hydrogen-bond acceptors (Lipinski definition) is 4. The lowest BCUT2D eigenvalue weighted by molar-refractivity contribution is 0.603. The highest BCUT2D eigenvalue weighted by atomic mass is 19.1. The van der Waals surface area contributed by atoms with E-state index in [2.05, 4.69) is 35.0 Å². The van der Waals surface area contributed by atoms with Gasteiger partial charge in [0.2, 0.25) is 0 Å². The number of halogens is 1. The van der Waals surface area contributed by atoms with Crippen LogP contribution in [0.25, 0.3) is 28.3 Å². The van der Waals surface area contributed by atoms with Crippen molar-refractivity contribution in [2.45, 2.75) is 19.9 Å². The Hall–Kier alpha value is -3.53. The zero-order chi connectivity index (χ0) is 18.3. The fraction of sp³-hybridized carbons (Fsp3) is 0.158. The summed E-state index contributed by atoms with van der Waals surface area (Å²) in [5.74, 6) is -0.296. The third-order valence-corrected chi connectivity index (χ3v) is 4.19. The first kappa shape index (κ1) is 16.0. The van der Waals surface area contributed by atoms with E-state index in [1.165, 1.54) is 22.8 Å². The van der Waals surface area contributed by atoms with Crippen LogP contribution in [-0.2, 0) is 0 Å². The summed E-state index contributed by atoms with van der Waals surface area (Å²) in [6.07, 6.45) is 3.25. The highest BCUT2D eigenvalue weighted by molar-refractivity contribution is 5.77. The molecular formula is C19H15FN6. The molecule has 0 spiro atoms. The average Bonchev–Trinajstić information content (AvgIpc) is 3.25. The van der Waals surface area contributed by atoms with Gasteiger partial charge < -0.3 is 4.57 Å². The van der Waals surface area contributed by atoms with Crippen molar-refractivity contribution in [2.24, 2.45) is 0 Å². The molecule has 0 fully saturated rings. The smallest absolute Gasteiger partial charge is 0.162 e. The molecule has 3 aromatic heterocycles. The Morgan fingerprint density at radius 2 is 1.85 bits per heavy atom. The van der Waals surface area contributed by atoms with Crippen molar-refractivity contribution in [1.82, 2.24) is 24.1 Å². The van der Waals surface area contributed by atoms with E-state index in [0.717, 1.165) is 11.3 Å². The molecule has 0 saturated heterocycles. The zero-order valence-electron chi connectivity index (χ0n) is 14.3. The SMILES string of the molecule is CC(C)n1cnc(-c2ccc(F)cc2)c1-c1ccc2ncc(C#N)n2n1. The van der Waals surface area contributed by atoms with Crippen molar-refractivity contribution in [3.8, 4) is 28.7 Å². The van der Waals surface area contributed by atoms with Gasteiger partial charge in [-0.15, -0.1) is 0 Å². The fourth-order valence-electron chi connectivity index (χ4n) is 2.90. The average molecular weight is 346 g/mol. The summed E-state index contributed by atoms with van der Waals surface area (Å²) in [5, 5.41) is 13.8. The van der Waals surface area contributed by atoms with Gasteiger partial charge in [0.25, 0.3) is 0 Å². The van der Waals surface area contributed by atoms with Crippen LogP contribution in [0.1, 0.15) is 25.6 Å². The van der Waals surface area contributed by atoms with Gasteiger partial charge in [-0.05, 0) is 50.2 Å². The fourth-order valence-corrected chi connectivity index (χ4v) is 2.90. The second-order valence-electron chi connectivity index (χ2n) is 6.19. The van der Waals surface area contributed by atoms with Gasteiger partial charge in [0, 0.05) is 11.6 Å². The predicted molar refractivity (Wildman–Crippen MR) is 94.7 cm³/mol. The number of imidazole rings is 2. The van der Waals surface area contributed by atoms with Crippen molar-refractivity contribution < 1.29 is 4.39 Å². The third-order valence-electron chi connectivity index (χ3n) is 4.19. The van der Waals surface area contributed by atoms with Crippen molar-refractivity contribution in [1.29, 1.82) is 5.26 Å². The zero-order valence-corrected chi connectivity index (χ0v) is 14.3. The normalized spacial score (nSPS) is 11.2. The maximum absolute atomic E-state index is 13.3. The van der Waals surface area contributed by atoms with Crippen LogP contribution in [0, 0.1) is 17.1 Å². The monoisotopic (exact) mass is 346 g/mol. The van der Waals surface area contributed by atoms with E-state index in [1.807, 2.05) is 16.7 Å². The van der Waals surface area contributed by atoms with Crippen molar-refractivity contribution >= 4 is 5.65 Å². The van der Waals surface area contributed by atoms with Crippen LogP contribution >= 0.6 is 0 Å². The topological polar surface area (TPSA) is 71.8 Å². The standard InChI is InChI=1S/C19H15FN6/c1-12(2)25-11-23-18(13-3-5-14(20)6-4-13)19(25)16-7-8-17-22-10-15(9-21)26(17)24-16/h3-8,10-12H,1-2H3. The molecule has 6 nitrogen and oxygen atoms in total. The molecular weight excluding hydrogens is 331 g/mol. The van der Waals surface area contributed by atoms with Crippen LogP contribution in [0.3, 0.4) is 0 Å². The minimum atomic E-state index is -0.296. The molecule has 0 aliphatic heterocycles. The van der Waals surface area contributed by atoms with Gasteiger partial charge in [-0.3, -0.25) is 0 Å². The number of fused-ring (bicyclic) bond motifs is 1. The molecule has 0 radical (unpaired) electrons. The molecule has 0 N–H and O–H groups in total.